The van der Waals surface area contributed by atoms with Crippen molar-refractivity contribution < 1.29 is 19.5 Å². The fourth-order valence-corrected chi connectivity index (χ4v) is 2.49. The van der Waals surface area contributed by atoms with E-state index in [4.69, 9.17) is 0 Å². The lowest BCUT2D eigenvalue weighted by Crippen LogP contribution is -2.41. The Hall–Kier alpha value is -3.22. The maximum atomic E-state index is 12.6. The average Bonchev–Trinajstić information content (AvgIpc) is 2.63. The van der Waals surface area contributed by atoms with E-state index < -0.39 is 17.9 Å². The van der Waals surface area contributed by atoms with Gasteiger partial charge in [-0.15, -0.1) is 0 Å². The van der Waals surface area contributed by atoms with Crippen LogP contribution in [0.1, 0.15) is 46.0 Å². The largest absolute Gasteiger partial charge is 0.480 e. The van der Waals surface area contributed by atoms with Crippen LogP contribution in [0.2, 0.25) is 0 Å². The van der Waals surface area contributed by atoms with Gasteiger partial charge in [0.1, 0.15) is 6.04 Å². The molecule has 1 unspecified atom stereocenters. The molecule has 1 heterocycles. The van der Waals surface area contributed by atoms with Crippen LogP contribution < -0.4 is 10.6 Å². The minimum Gasteiger partial charge on any atom is -0.480 e. The first-order chi connectivity index (χ1) is 12.4. The van der Waals surface area contributed by atoms with E-state index in [0.717, 1.165) is 0 Å². The van der Waals surface area contributed by atoms with Crippen LogP contribution in [0.5, 0.6) is 0 Å². The molecule has 1 atom stereocenters. The molecule has 2 rings (SSSR count). The van der Waals surface area contributed by atoms with Gasteiger partial charge in [-0.3, -0.25) is 14.6 Å². The van der Waals surface area contributed by atoms with Gasteiger partial charge in [0.15, 0.2) is 0 Å². The molecule has 0 aliphatic heterocycles. The van der Waals surface area contributed by atoms with Gasteiger partial charge >= 0.3 is 5.97 Å². The SMILES string of the molecule is CCCC(NC(=O)c1cccc(C)c1NC(=O)c1ccncc1)C(=O)O. The summed E-state index contributed by atoms with van der Waals surface area (Å²) >= 11 is 0. The lowest BCUT2D eigenvalue weighted by Gasteiger charge is -2.17. The Kier molecular flexibility index (Phi) is 6.43. The molecule has 2 aromatic rings. The fourth-order valence-electron chi connectivity index (χ4n) is 2.49. The maximum Gasteiger partial charge on any atom is 0.326 e. The molecule has 0 spiro atoms. The van der Waals surface area contributed by atoms with Gasteiger partial charge in [-0.2, -0.15) is 0 Å². The molecule has 3 N–H and O–H groups in total. The van der Waals surface area contributed by atoms with Crippen molar-refractivity contribution in [3.63, 3.8) is 0 Å². The molecule has 1 aromatic carbocycles. The summed E-state index contributed by atoms with van der Waals surface area (Å²) in [7, 11) is 0. The summed E-state index contributed by atoms with van der Waals surface area (Å²) in [5, 5.41) is 14.5. The molecular formula is C19H21N3O4. The number of hydrogen-bond donors (Lipinski definition) is 3. The Morgan fingerprint density at radius 1 is 1.12 bits per heavy atom. The summed E-state index contributed by atoms with van der Waals surface area (Å²) in [6, 6.07) is 7.15. The molecule has 136 valence electrons. The van der Waals surface area contributed by atoms with Crippen molar-refractivity contribution in [2.75, 3.05) is 5.32 Å². The van der Waals surface area contributed by atoms with Gasteiger partial charge in [0.05, 0.1) is 11.3 Å². The number of para-hydroxylation sites is 1. The van der Waals surface area contributed by atoms with E-state index in [2.05, 4.69) is 15.6 Å². The second-order valence-corrected chi connectivity index (χ2v) is 5.84. The summed E-state index contributed by atoms with van der Waals surface area (Å²) in [4.78, 5) is 40.1. The van der Waals surface area contributed by atoms with Crippen molar-refractivity contribution in [3.05, 3.63) is 59.4 Å². The van der Waals surface area contributed by atoms with E-state index in [1.54, 1.807) is 37.3 Å². The van der Waals surface area contributed by atoms with Crippen LogP contribution in [-0.2, 0) is 4.79 Å². The van der Waals surface area contributed by atoms with Crippen molar-refractivity contribution in [2.24, 2.45) is 0 Å². The number of carboxylic acid groups (broad SMARTS) is 1. The highest BCUT2D eigenvalue weighted by Crippen LogP contribution is 2.22. The van der Waals surface area contributed by atoms with Crippen LogP contribution in [0.4, 0.5) is 5.69 Å². The van der Waals surface area contributed by atoms with E-state index in [1.807, 2.05) is 6.92 Å². The summed E-state index contributed by atoms with van der Waals surface area (Å²) in [5.74, 6) is -2.01. The number of aromatic nitrogens is 1. The Morgan fingerprint density at radius 2 is 1.81 bits per heavy atom. The van der Waals surface area contributed by atoms with Gasteiger partial charge < -0.3 is 15.7 Å². The quantitative estimate of drug-likeness (QED) is 0.707. The summed E-state index contributed by atoms with van der Waals surface area (Å²) in [6.07, 6.45) is 3.95. The molecule has 0 saturated carbocycles. The molecule has 0 aliphatic rings. The zero-order valence-electron chi connectivity index (χ0n) is 14.7. The van der Waals surface area contributed by atoms with Crippen LogP contribution >= 0.6 is 0 Å². The van der Waals surface area contributed by atoms with Gasteiger partial charge in [-0.1, -0.05) is 25.5 Å². The van der Waals surface area contributed by atoms with Crippen molar-refractivity contribution in [2.45, 2.75) is 32.7 Å². The number of benzene rings is 1. The first kappa shape index (κ1) is 19.1. The normalized spacial score (nSPS) is 11.5. The number of carbonyl (C=O) groups is 3. The van der Waals surface area contributed by atoms with E-state index in [0.29, 0.717) is 29.7 Å². The Morgan fingerprint density at radius 3 is 2.42 bits per heavy atom. The first-order valence-corrected chi connectivity index (χ1v) is 8.28. The molecule has 0 aliphatic carbocycles. The second-order valence-electron chi connectivity index (χ2n) is 5.84. The van der Waals surface area contributed by atoms with E-state index in [9.17, 15) is 19.5 Å². The summed E-state index contributed by atoms with van der Waals surface area (Å²) in [5.41, 5.74) is 1.67. The van der Waals surface area contributed by atoms with Crippen molar-refractivity contribution in [1.82, 2.24) is 10.3 Å². The number of carboxylic acids is 1. The van der Waals surface area contributed by atoms with Gasteiger partial charge in [-0.05, 0) is 37.1 Å². The van der Waals surface area contributed by atoms with E-state index in [-0.39, 0.29) is 11.5 Å². The summed E-state index contributed by atoms with van der Waals surface area (Å²) < 4.78 is 0. The van der Waals surface area contributed by atoms with Crippen molar-refractivity contribution >= 4 is 23.5 Å². The molecular weight excluding hydrogens is 334 g/mol. The second kappa shape index (κ2) is 8.75. The predicted octanol–water partition coefficient (Wildman–Crippen LogP) is 2.63. The van der Waals surface area contributed by atoms with Gasteiger partial charge in [0.2, 0.25) is 0 Å². The average molecular weight is 355 g/mol. The molecule has 7 heteroatoms. The number of carbonyl (C=O) groups excluding carboxylic acids is 2. The Labute approximate surface area is 151 Å². The van der Waals surface area contributed by atoms with Gasteiger partial charge in [-0.25, -0.2) is 4.79 Å². The minimum absolute atomic E-state index is 0.217. The minimum atomic E-state index is -1.09. The third-order valence-electron chi connectivity index (χ3n) is 3.88. The molecule has 0 fully saturated rings. The highest BCUT2D eigenvalue weighted by molar-refractivity contribution is 6.10. The number of aryl methyl sites for hydroxylation is 1. The zero-order chi connectivity index (χ0) is 19.1. The lowest BCUT2D eigenvalue weighted by molar-refractivity contribution is -0.139. The summed E-state index contributed by atoms with van der Waals surface area (Å²) in [6.45, 7) is 3.61. The van der Waals surface area contributed by atoms with Crippen molar-refractivity contribution in [1.29, 1.82) is 0 Å². The third kappa shape index (κ3) is 4.66. The van der Waals surface area contributed by atoms with Gasteiger partial charge in [0, 0.05) is 18.0 Å². The molecule has 0 saturated heterocycles. The molecule has 2 amide bonds. The molecule has 0 radical (unpaired) electrons. The van der Waals surface area contributed by atoms with Gasteiger partial charge in [0.25, 0.3) is 11.8 Å². The van der Waals surface area contributed by atoms with Crippen LogP contribution in [0.3, 0.4) is 0 Å². The number of amides is 2. The zero-order valence-corrected chi connectivity index (χ0v) is 14.7. The fraction of sp³-hybridized carbons (Fsp3) is 0.263. The highest BCUT2D eigenvalue weighted by Gasteiger charge is 2.22. The number of nitrogens with zero attached hydrogens (tertiary/aromatic N) is 1. The number of nitrogens with one attached hydrogen (secondary N) is 2. The standard InChI is InChI=1S/C19H21N3O4/c1-3-5-15(19(25)26)21-18(24)14-7-4-6-12(2)16(14)22-17(23)13-8-10-20-11-9-13/h4,6-11,15H,3,5H2,1-2H3,(H,21,24)(H,22,23)(H,25,26). The predicted molar refractivity (Wildman–Crippen MR) is 97.2 cm³/mol. The van der Waals surface area contributed by atoms with Crippen LogP contribution in [0, 0.1) is 6.92 Å². The lowest BCUT2D eigenvalue weighted by atomic mass is 10.1. The number of hydrogen-bond acceptors (Lipinski definition) is 4. The number of anilines is 1. The Bertz CT molecular complexity index is 806. The van der Waals surface area contributed by atoms with E-state index in [1.165, 1.54) is 12.4 Å². The molecule has 7 nitrogen and oxygen atoms in total. The number of rotatable bonds is 7. The third-order valence-corrected chi connectivity index (χ3v) is 3.88. The van der Waals surface area contributed by atoms with Crippen LogP contribution in [0.25, 0.3) is 0 Å². The monoisotopic (exact) mass is 355 g/mol. The topological polar surface area (TPSA) is 108 Å². The smallest absolute Gasteiger partial charge is 0.326 e. The van der Waals surface area contributed by atoms with Crippen LogP contribution in [-0.4, -0.2) is 33.9 Å². The Balaban J connectivity index is 2.27. The molecule has 1 aromatic heterocycles. The maximum absolute atomic E-state index is 12.6. The number of aliphatic carboxylic acids is 1. The molecule has 26 heavy (non-hydrogen) atoms. The van der Waals surface area contributed by atoms with Crippen LogP contribution in [0.15, 0.2) is 42.7 Å². The number of pyridine rings is 1. The van der Waals surface area contributed by atoms with Crippen molar-refractivity contribution in [3.8, 4) is 0 Å². The molecule has 0 bridgehead atoms. The first-order valence-electron chi connectivity index (χ1n) is 8.28. The van der Waals surface area contributed by atoms with E-state index >= 15 is 0 Å². The highest BCUT2D eigenvalue weighted by atomic mass is 16.4.